The summed E-state index contributed by atoms with van der Waals surface area (Å²) in [4.78, 5) is 0. The highest BCUT2D eigenvalue weighted by atomic mass is 32.2. The summed E-state index contributed by atoms with van der Waals surface area (Å²) in [6.07, 6.45) is 1.56. The van der Waals surface area contributed by atoms with Gasteiger partial charge in [0, 0.05) is 5.75 Å². The fourth-order valence-electron chi connectivity index (χ4n) is 2.00. The van der Waals surface area contributed by atoms with Gasteiger partial charge in [0.25, 0.3) is 0 Å². The van der Waals surface area contributed by atoms with Gasteiger partial charge in [0.1, 0.15) is 9.84 Å². The first-order valence-corrected chi connectivity index (χ1v) is 8.24. The monoisotopic (exact) mass is 270 g/mol. The van der Waals surface area contributed by atoms with Gasteiger partial charge >= 0.3 is 0 Å². The summed E-state index contributed by atoms with van der Waals surface area (Å²) in [5, 5.41) is 10.6. The number of sulfone groups is 1. The molecule has 1 unspecified atom stereocenters. The first-order chi connectivity index (χ1) is 8.43. The van der Waals surface area contributed by atoms with Crippen LogP contribution < -0.4 is 0 Å². The molecule has 0 heterocycles. The SMILES string of the molecule is CCC(O)(CCCS(=O)(=O)CC)c1ccccc1. The fraction of sp³-hybridized carbons (Fsp3) is 0.571. The molecule has 1 N–H and O–H groups in total. The van der Waals surface area contributed by atoms with Crippen LogP contribution in [0.3, 0.4) is 0 Å². The van der Waals surface area contributed by atoms with E-state index < -0.39 is 15.4 Å². The lowest BCUT2D eigenvalue weighted by molar-refractivity contribution is 0.0228. The van der Waals surface area contributed by atoms with Gasteiger partial charge in [-0.25, -0.2) is 8.42 Å². The van der Waals surface area contributed by atoms with Crippen LogP contribution in [-0.4, -0.2) is 25.0 Å². The van der Waals surface area contributed by atoms with Crippen LogP contribution in [0.2, 0.25) is 0 Å². The zero-order valence-corrected chi connectivity index (χ0v) is 11.9. The van der Waals surface area contributed by atoms with Crippen LogP contribution in [-0.2, 0) is 15.4 Å². The van der Waals surface area contributed by atoms with E-state index in [2.05, 4.69) is 0 Å². The zero-order chi connectivity index (χ0) is 13.6. The molecule has 1 aromatic rings. The van der Waals surface area contributed by atoms with Crippen LogP contribution in [0, 0.1) is 0 Å². The molecular weight excluding hydrogens is 248 g/mol. The summed E-state index contributed by atoms with van der Waals surface area (Å²) in [5.41, 5.74) is -0.0498. The van der Waals surface area contributed by atoms with E-state index in [1.54, 1.807) is 6.92 Å². The van der Waals surface area contributed by atoms with E-state index in [1.165, 1.54) is 0 Å². The maximum Gasteiger partial charge on any atom is 0.150 e. The van der Waals surface area contributed by atoms with E-state index in [0.717, 1.165) is 5.56 Å². The predicted molar refractivity (Wildman–Crippen MR) is 74.2 cm³/mol. The average Bonchev–Trinajstić information content (AvgIpc) is 2.39. The van der Waals surface area contributed by atoms with Gasteiger partial charge in [-0.2, -0.15) is 0 Å². The quantitative estimate of drug-likeness (QED) is 0.828. The highest BCUT2D eigenvalue weighted by Crippen LogP contribution is 2.29. The largest absolute Gasteiger partial charge is 0.385 e. The molecule has 0 bridgehead atoms. The minimum absolute atomic E-state index is 0.151. The van der Waals surface area contributed by atoms with Crippen molar-refractivity contribution in [3.8, 4) is 0 Å². The molecule has 3 nitrogen and oxygen atoms in total. The van der Waals surface area contributed by atoms with Gasteiger partial charge in [-0.3, -0.25) is 0 Å². The zero-order valence-electron chi connectivity index (χ0n) is 11.1. The molecule has 1 rings (SSSR count). The van der Waals surface area contributed by atoms with Crippen LogP contribution in [0.4, 0.5) is 0 Å². The normalized spacial score (nSPS) is 15.3. The Morgan fingerprint density at radius 1 is 1.17 bits per heavy atom. The number of rotatable bonds is 7. The van der Waals surface area contributed by atoms with Crippen molar-refractivity contribution in [2.75, 3.05) is 11.5 Å². The van der Waals surface area contributed by atoms with Crippen LogP contribution in [0.15, 0.2) is 30.3 Å². The Labute approximate surface area is 110 Å². The number of hydrogen-bond donors (Lipinski definition) is 1. The Balaban J connectivity index is 2.68. The molecule has 0 spiro atoms. The maximum absolute atomic E-state index is 11.4. The third-order valence-corrected chi connectivity index (χ3v) is 5.17. The molecule has 1 aromatic carbocycles. The summed E-state index contributed by atoms with van der Waals surface area (Å²) in [7, 11) is -2.94. The van der Waals surface area contributed by atoms with Crippen LogP contribution in [0.1, 0.15) is 38.7 Å². The summed E-state index contributed by atoms with van der Waals surface area (Å²) in [6, 6.07) is 9.45. The molecule has 1 atom stereocenters. The van der Waals surface area contributed by atoms with Gasteiger partial charge < -0.3 is 5.11 Å². The topological polar surface area (TPSA) is 54.4 Å². The Morgan fingerprint density at radius 3 is 2.28 bits per heavy atom. The molecule has 18 heavy (non-hydrogen) atoms. The first kappa shape index (κ1) is 15.2. The van der Waals surface area contributed by atoms with E-state index in [1.807, 2.05) is 37.3 Å². The van der Waals surface area contributed by atoms with Crippen molar-refractivity contribution in [1.29, 1.82) is 0 Å². The average molecular weight is 270 g/mol. The molecule has 0 aliphatic rings. The van der Waals surface area contributed by atoms with Crippen molar-refractivity contribution in [1.82, 2.24) is 0 Å². The van der Waals surface area contributed by atoms with Gasteiger partial charge in [0.2, 0.25) is 0 Å². The van der Waals surface area contributed by atoms with Crippen LogP contribution in [0.5, 0.6) is 0 Å². The van der Waals surface area contributed by atoms with Gasteiger partial charge in [-0.05, 0) is 24.8 Å². The third kappa shape index (κ3) is 4.10. The van der Waals surface area contributed by atoms with E-state index in [9.17, 15) is 13.5 Å². The maximum atomic E-state index is 11.4. The Kier molecular flexibility index (Phi) is 5.35. The summed E-state index contributed by atoms with van der Waals surface area (Å²) in [6.45, 7) is 3.57. The summed E-state index contributed by atoms with van der Waals surface area (Å²) in [5.74, 6) is 0.321. The highest BCUT2D eigenvalue weighted by Gasteiger charge is 2.26. The molecule has 102 valence electrons. The minimum Gasteiger partial charge on any atom is -0.385 e. The standard InChI is InChI=1S/C14H22O3S/c1-3-14(15,13-9-6-5-7-10-13)11-8-12-18(16,17)4-2/h5-7,9-10,15H,3-4,8,11-12H2,1-2H3. The highest BCUT2D eigenvalue weighted by molar-refractivity contribution is 7.91. The van der Waals surface area contributed by atoms with Crippen LogP contribution >= 0.6 is 0 Å². The van der Waals surface area contributed by atoms with Crippen molar-refractivity contribution in [2.45, 2.75) is 38.7 Å². The molecule has 0 amide bonds. The molecule has 0 saturated carbocycles. The third-order valence-electron chi connectivity index (χ3n) is 3.38. The molecule has 0 saturated heterocycles. The molecule has 4 heteroatoms. The second-order valence-electron chi connectivity index (χ2n) is 4.59. The second-order valence-corrected chi connectivity index (χ2v) is 7.06. The van der Waals surface area contributed by atoms with Crippen molar-refractivity contribution >= 4 is 9.84 Å². The van der Waals surface area contributed by atoms with Gasteiger partial charge in [-0.1, -0.05) is 44.2 Å². The van der Waals surface area contributed by atoms with Crippen LogP contribution in [0.25, 0.3) is 0 Å². The van der Waals surface area contributed by atoms with E-state index in [0.29, 0.717) is 19.3 Å². The fourth-order valence-corrected chi connectivity index (χ4v) is 2.88. The lowest BCUT2D eigenvalue weighted by Crippen LogP contribution is -2.25. The van der Waals surface area contributed by atoms with E-state index in [4.69, 9.17) is 0 Å². The van der Waals surface area contributed by atoms with Gasteiger partial charge in [0.05, 0.1) is 11.4 Å². The number of hydrogen-bond acceptors (Lipinski definition) is 3. The first-order valence-electron chi connectivity index (χ1n) is 6.42. The Bertz CT molecular complexity index is 453. The number of benzene rings is 1. The predicted octanol–water partition coefficient (Wildman–Crippen LogP) is 2.50. The van der Waals surface area contributed by atoms with Crippen molar-refractivity contribution in [3.05, 3.63) is 35.9 Å². The lowest BCUT2D eigenvalue weighted by atomic mass is 9.87. The number of aliphatic hydroxyl groups is 1. The van der Waals surface area contributed by atoms with Crippen molar-refractivity contribution in [3.63, 3.8) is 0 Å². The van der Waals surface area contributed by atoms with E-state index >= 15 is 0 Å². The summed E-state index contributed by atoms with van der Waals surface area (Å²) >= 11 is 0. The Morgan fingerprint density at radius 2 is 1.78 bits per heavy atom. The molecule has 0 radical (unpaired) electrons. The van der Waals surface area contributed by atoms with Gasteiger partial charge in [-0.15, -0.1) is 0 Å². The molecular formula is C14H22O3S. The van der Waals surface area contributed by atoms with Crippen molar-refractivity contribution in [2.24, 2.45) is 0 Å². The molecule has 0 aliphatic heterocycles. The van der Waals surface area contributed by atoms with Crippen molar-refractivity contribution < 1.29 is 13.5 Å². The minimum atomic E-state index is -2.94. The summed E-state index contributed by atoms with van der Waals surface area (Å²) < 4.78 is 22.9. The smallest absolute Gasteiger partial charge is 0.150 e. The van der Waals surface area contributed by atoms with Gasteiger partial charge in [0.15, 0.2) is 0 Å². The Hall–Kier alpha value is -0.870. The lowest BCUT2D eigenvalue weighted by Gasteiger charge is -2.27. The molecule has 0 aliphatic carbocycles. The molecule has 0 aromatic heterocycles. The molecule has 0 fully saturated rings. The second kappa shape index (κ2) is 6.34. The van der Waals surface area contributed by atoms with E-state index in [-0.39, 0.29) is 11.5 Å².